The largest absolute Gasteiger partial charge is 0.504 e. The van der Waals surface area contributed by atoms with Crippen LogP contribution in [0.25, 0.3) is 0 Å². The monoisotopic (exact) mass is 404 g/mol. The zero-order valence-corrected chi connectivity index (χ0v) is 15.9. The maximum absolute atomic E-state index is 12.5. The van der Waals surface area contributed by atoms with Crippen molar-refractivity contribution >= 4 is 23.4 Å². The van der Waals surface area contributed by atoms with E-state index >= 15 is 0 Å². The van der Waals surface area contributed by atoms with Crippen LogP contribution < -0.4 is 0 Å². The lowest BCUT2D eigenvalue weighted by Crippen LogP contribution is -2.50. The highest BCUT2D eigenvalue weighted by Crippen LogP contribution is 2.35. The summed E-state index contributed by atoms with van der Waals surface area (Å²) in [6.45, 7) is 1.55. The molecule has 28 heavy (non-hydrogen) atoms. The number of amides is 2. The molecule has 0 radical (unpaired) electrons. The molecule has 0 aromatic heterocycles. The van der Waals surface area contributed by atoms with Crippen LogP contribution in [0.5, 0.6) is 17.2 Å². The summed E-state index contributed by atoms with van der Waals surface area (Å²) < 4.78 is 0. The van der Waals surface area contributed by atoms with Gasteiger partial charge >= 0.3 is 0 Å². The molecule has 1 fully saturated rings. The maximum Gasteiger partial charge on any atom is 0.254 e. The van der Waals surface area contributed by atoms with Gasteiger partial charge < -0.3 is 25.1 Å². The van der Waals surface area contributed by atoms with Gasteiger partial charge in [0.25, 0.3) is 5.91 Å². The molecule has 3 N–H and O–H groups in total. The third-order valence-electron chi connectivity index (χ3n) is 4.78. The Morgan fingerprint density at radius 3 is 2.00 bits per heavy atom. The summed E-state index contributed by atoms with van der Waals surface area (Å²) in [7, 11) is 0. The average molecular weight is 405 g/mol. The van der Waals surface area contributed by atoms with Crippen molar-refractivity contribution in [1.82, 2.24) is 9.80 Å². The molecule has 1 aliphatic rings. The SMILES string of the molecule is O=C(CCc1ccc(Cl)cc1)N1CCN(C(=O)c2cc(O)c(O)c(O)c2)CC1. The first-order valence-electron chi connectivity index (χ1n) is 8.91. The zero-order valence-electron chi connectivity index (χ0n) is 15.1. The molecule has 8 heteroatoms. The minimum atomic E-state index is -0.660. The van der Waals surface area contributed by atoms with Gasteiger partial charge in [-0.2, -0.15) is 0 Å². The van der Waals surface area contributed by atoms with Gasteiger partial charge in [0.05, 0.1) is 0 Å². The van der Waals surface area contributed by atoms with Crippen LogP contribution in [0.2, 0.25) is 5.02 Å². The average Bonchev–Trinajstić information content (AvgIpc) is 2.70. The van der Waals surface area contributed by atoms with Crippen LogP contribution in [0.3, 0.4) is 0 Å². The Morgan fingerprint density at radius 2 is 1.43 bits per heavy atom. The normalized spacial score (nSPS) is 14.2. The van der Waals surface area contributed by atoms with Gasteiger partial charge in [-0.05, 0) is 36.2 Å². The Labute approximate surface area is 167 Å². The third kappa shape index (κ3) is 4.48. The van der Waals surface area contributed by atoms with Gasteiger partial charge in [-0.25, -0.2) is 0 Å². The van der Waals surface area contributed by atoms with Gasteiger partial charge in [0, 0.05) is 43.2 Å². The van der Waals surface area contributed by atoms with Crippen molar-refractivity contribution in [3.05, 3.63) is 52.5 Å². The molecule has 2 aromatic carbocycles. The first-order chi connectivity index (χ1) is 13.3. The molecular weight excluding hydrogens is 384 g/mol. The van der Waals surface area contributed by atoms with Crippen molar-refractivity contribution < 1.29 is 24.9 Å². The molecule has 0 spiro atoms. The molecule has 0 unspecified atom stereocenters. The highest BCUT2D eigenvalue weighted by molar-refractivity contribution is 6.30. The Hall–Kier alpha value is -2.93. The summed E-state index contributed by atoms with van der Waals surface area (Å²) in [5.74, 6) is -2.12. The molecule has 0 aliphatic carbocycles. The minimum absolute atomic E-state index is 0.0296. The number of piperazine rings is 1. The topological polar surface area (TPSA) is 101 Å². The number of carbonyl (C=O) groups is 2. The fourth-order valence-electron chi connectivity index (χ4n) is 3.13. The number of hydrogen-bond donors (Lipinski definition) is 3. The van der Waals surface area contributed by atoms with Crippen molar-refractivity contribution in [1.29, 1.82) is 0 Å². The van der Waals surface area contributed by atoms with Crippen molar-refractivity contribution in [2.75, 3.05) is 26.2 Å². The van der Waals surface area contributed by atoms with E-state index in [4.69, 9.17) is 11.6 Å². The lowest BCUT2D eigenvalue weighted by atomic mass is 10.1. The number of rotatable bonds is 4. The summed E-state index contributed by atoms with van der Waals surface area (Å²) in [4.78, 5) is 28.2. The summed E-state index contributed by atoms with van der Waals surface area (Å²) in [5.41, 5.74) is 1.12. The second-order valence-corrected chi connectivity index (χ2v) is 7.10. The van der Waals surface area contributed by atoms with Gasteiger partial charge in [0.15, 0.2) is 17.2 Å². The van der Waals surface area contributed by atoms with Crippen LogP contribution in [-0.2, 0) is 11.2 Å². The second kappa shape index (κ2) is 8.39. The molecule has 0 saturated carbocycles. The third-order valence-corrected chi connectivity index (χ3v) is 5.03. The summed E-state index contributed by atoms with van der Waals surface area (Å²) in [5, 5.41) is 29.2. The molecule has 2 amide bonds. The van der Waals surface area contributed by atoms with E-state index in [1.54, 1.807) is 21.9 Å². The van der Waals surface area contributed by atoms with E-state index in [1.165, 1.54) is 0 Å². The smallest absolute Gasteiger partial charge is 0.254 e. The zero-order chi connectivity index (χ0) is 20.3. The lowest BCUT2D eigenvalue weighted by Gasteiger charge is -2.35. The Kier molecular flexibility index (Phi) is 5.94. The highest BCUT2D eigenvalue weighted by atomic mass is 35.5. The number of halogens is 1. The first-order valence-corrected chi connectivity index (χ1v) is 9.29. The summed E-state index contributed by atoms with van der Waals surface area (Å²) in [6, 6.07) is 9.61. The number of aromatic hydroxyl groups is 3. The van der Waals surface area contributed by atoms with Crippen LogP contribution in [-0.4, -0.2) is 63.1 Å². The summed E-state index contributed by atoms with van der Waals surface area (Å²) >= 11 is 5.86. The van der Waals surface area contributed by atoms with Gasteiger partial charge in [-0.3, -0.25) is 9.59 Å². The van der Waals surface area contributed by atoms with Crippen LogP contribution >= 0.6 is 11.6 Å². The van der Waals surface area contributed by atoms with Gasteiger partial charge in [0.1, 0.15) is 0 Å². The molecule has 3 rings (SSSR count). The van der Waals surface area contributed by atoms with Gasteiger partial charge in [0.2, 0.25) is 5.91 Å². The number of carbonyl (C=O) groups excluding carboxylic acids is 2. The van der Waals surface area contributed by atoms with E-state index in [-0.39, 0.29) is 17.4 Å². The van der Waals surface area contributed by atoms with Crippen LogP contribution in [0, 0.1) is 0 Å². The molecule has 0 bridgehead atoms. The van der Waals surface area contributed by atoms with E-state index in [0.29, 0.717) is 44.0 Å². The molecule has 148 valence electrons. The molecule has 0 atom stereocenters. The van der Waals surface area contributed by atoms with E-state index < -0.39 is 17.2 Å². The number of aryl methyl sites for hydroxylation is 1. The quantitative estimate of drug-likeness (QED) is 0.679. The van der Waals surface area contributed by atoms with Crippen molar-refractivity contribution in [2.24, 2.45) is 0 Å². The van der Waals surface area contributed by atoms with Crippen LogP contribution in [0.4, 0.5) is 0 Å². The maximum atomic E-state index is 12.5. The standard InChI is InChI=1S/C20H21ClN2O5/c21-15-4-1-13(2-5-15)3-6-18(26)22-7-9-23(10-8-22)20(28)14-11-16(24)19(27)17(25)12-14/h1-2,4-5,11-12,24-25,27H,3,6-10H2. The van der Waals surface area contributed by atoms with Crippen molar-refractivity contribution in [3.8, 4) is 17.2 Å². The Bertz CT molecular complexity index is 854. The second-order valence-electron chi connectivity index (χ2n) is 6.66. The van der Waals surface area contributed by atoms with E-state index in [9.17, 15) is 24.9 Å². The number of hydrogen-bond acceptors (Lipinski definition) is 5. The predicted octanol–water partition coefficient (Wildman–Crippen LogP) is 2.37. The first kappa shape index (κ1) is 19.8. The number of phenolic OH excluding ortho intramolecular Hbond substituents is 3. The number of phenols is 3. The molecule has 1 aliphatic heterocycles. The predicted molar refractivity (Wildman–Crippen MR) is 104 cm³/mol. The molecule has 1 heterocycles. The highest BCUT2D eigenvalue weighted by Gasteiger charge is 2.25. The molecule has 7 nitrogen and oxygen atoms in total. The van der Waals surface area contributed by atoms with Gasteiger partial charge in [-0.1, -0.05) is 23.7 Å². The molecular formula is C20H21ClN2O5. The fraction of sp³-hybridized carbons (Fsp3) is 0.300. The summed E-state index contributed by atoms with van der Waals surface area (Å²) in [6.07, 6.45) is 1.01. The Morgan fingerprint density at radius 1 is 0.893 bits per heavy atom. The lowest BCUT2D eigenvalue weighted by molar-refractivity contribution is -0.132. The number of nitrogens with zero attached hydrogens (tertiary/aromatic N) is 2. The number of benzene rings is 2. The molecule has 2 aromatic rings. The van der Waals surface area contributed by atoms with E-state index in [0.717, 1.165) is 17.7 Å². The molecule has 1 saturated heterocycles. The minimum Gasteiger partial charge on any atom is -0.504 e. The van der Waals surface area contributed by atoms with E-state index in [2.05, 4.69) is 0 Å². The van der Waals surface area contributed by atoms with Crippen molar-refractivity contribution in [2.45, 2.75) is 12.8 Å². The van der Waals surface area contributed by atoms with Crippen LogP contribution in [0.1, 0.15) is 22.3 Å². The Balaban J connectivity index is 1.53. The van der Waals surface area contributed by atoms with Gasteiger partial charge in [-0.15, -0.1) is 0 Å². The van der Waals surface area contributed by atoms with E-state index in [1.807, 2.05) is 12.1 Å². The van der Waals surface area contributed by atoms with Crippen LogP contribution in [0.15, 0.2) is 36.4 Å². The fourth-order valence-corrected chi connectivity index (χ4v) is 3.26. The van der Waals surface area contributed by atoms with Crippen molar-refractivity contribution in [3.63, 3.8) is 0 Å².